The molecule has 1 aromatic carbocycles. The molecule has 9 heteroatoms. The van der Waals surface area contributed by atoms with Crippen molar-refractivity contribution in [2.45, 2.75) is 96.9 Å². The molecule has 0 spiro atoms. The molecule has 1 saturated carbocycles. The Morgan fingerprint density at radius 2 is 1.82 bits per heavy atom. The van der Waals surface area contributed by atoms with Gasteiger partial charge in [0.05, 0.1) is 30.4 Å². The number of amides is 2. The van der Waals surface area contributed by atoms with Crippen LogP contribution in [0.3, 0.4) is 0 Å². The highest BCUT2D eigenvalue weighted by molar-refractivity contribution is 6.00. The predicted molar refractivity (Wildman–Crippen MR) is 173 cm³/mol. The number of aliphatic hydroxyl groups excluding tert-OH is 1. The zero-order valence-electron chi connectivity index (χ0n) is 27.0. The highest BCUT2D eigenvalue weighted by Crippen LogP contribution is 2.30. The molecule has 0 unspecified atom stereocenters. The smallest absolute Gasteiger partial charge is 0.258 e. The number of nitrogens with zero attached hydrogens (tertiary/aromatic N) is 3. The van der Waals surface area contributed by atoms with Crippen LogP contribution in [0.1, 0.15) is 88.1 Å². The molecule has 1 aliphatic heterocycles. The van der Waals surface area contributed by atoms with Gasteiger partial charge in [0.25, 0.3) is 5.91 Å². The van der Waals surface area contributed by atoms with E-state index in [1.165, 1.54) is 12.0 Å². The van der Waals surface area contributed by atoms with Crippen LogP contribution < -0.4 is 10.1 Å². The van der Waals surface area contributed by atoms with E-state index < -0.39 is 6.04 Å². The molecule has 44 heavy (non-hydrogen) atoms. The van der Waals surface area contributed by atoms with Gasteiger partial charge in [0.2, 0.25) is 5.91 Å². The number of aliphatic hydroxyl groups is 1. The number of hydrogen-bond donors (Lipinski definition) is 2. The number of carbonyl (C=O) groups is 2. The number of anilines is 1. The Hall–Kier alpha value is -3.01. The summed E-state index contributed by atoms with van der Waals surface area (Å²) in [7, 11) is 2.08. The SMILES string of the molecule is C[C@@H]1CCCCO[C@H](CN(C)Cc2ccncc2)[C@@H](C)CN([C@H](C)CO)C(=O)c2cc(NC(=O)C3CCCCC3)ccc2O1. The van der Waals surface area contributed by atoms with Crippen molar-refractivity contribution in [2.24, 2.45) is 11.8 Å². The fourth-order valence-electron chi connectivity index (χ4n) is 6.24. The molecule has 1 aliphatic carbocycles. The second-order valence-electron chi connectivity index (χ2n) is 12.9. The van der Waals surface area contributed by atoms with Crippen molar-refractivity contribution in [3.05, 3.63) is 53.9 Å². The topological polar surface area (TPSA) is 104 Å². The van der Waals surface area contributed by atoms with E-state index in [2.05, 4.69) is 29.2 Å². The molecule has 242 valence electrons. The fourth-order valence-corrected chi connectivity index (χ4v) is 6.24. The van der Waals surface area contributed by atoms with Crippen LogP contribution in [0.25, 0.3) is 0 Å². The molecule has 4 rings (SSSR count). The van der Waals surface area contributed by atoms with E-state index in [1.807, 2.05) is 32.0 Å². The third-order valence-corrected chi connectivity index (χ3v) is 8.99. The second kappa shape index (κ2) is 16.9. The number of pyridine rings is 1. The van der Waals surface area contributed by atoms with Crippen LogP contribution >= 0.6 is 0 Å². The fraction of sp³-hybridized carbons (Fsp3) is 0.629. The maximum absolute atomic E-state index is 14.3. The maximum atomic E-state index is 14.3. The number of benzene rings is 1. The molecule has 0 radical (unpaired) electrons. The van der Waals surface area contributed by atoms with Gasteiger partial charge in [0.1, 0.15) is 5.75 Å². The molecule has 9 nitrogen and oxygen atoms in total. The number of fused-ring (bicyclic) bond motifs is 1. The minimum Gasteiger partial charge on any atom is -0.490 e. The van der Waals surface area contributed by atoms with Crippen LogP contribution in [0, 0.1) is 11.8 Å². The number of ether oxygens (including phenoxy) is 2. The molecule has 1 fully saturated rings. The summed E-state index contributed by atoms with van der Waals surface area (Å²) >= 11 is 0. The quantitative estimate of drug-likeness (QED) is 0.406. The molecule has 2 amide bonds. The van der Waals surface area contributed by atoms with Gasteiger partial charge >= 0.3 is 0 Å². The Morgan fingerprint density at radius 1 is 1.09 bits per heavy atom. The summed E-state index contributed by atoms with van der Waals surface area (Å²) in [4.78, 5) is 35.5. The van der Waals surface area contributed by atoms with Gasteiger partial charge in [-0.3, -0.25) is 19.5 Å². The van der Waals surface area contributed by atoms with Crippen LogP contribution in [0.5, 0.6) is 5.75 Å². The Bertz CT molecular complexity index is 1190. The Balaban J connectivity index is 1.59. The molecule has 0 saturated heterocycles. The standard InChI is InChI=1S/C35H52N4O5/c1-25-21-39(26(2)24-40)35(42)31-20-30(37-34(41)29-11-6-5-7-12-29)13-14-32(31)44-27(3)10-8-9-19-43-33(25)23-38(4)22-28-15-17-36-18-16-28/h13-18,20,25-27,29,33,40H,5-12,19,21-24H2,1-4H3,(H,37,41)/t25-,26+,27+,33+/m0/s1. The summed E-state index contributed by atoms with van der Waals surface area (Å²) in [5.41, 5.74) is 2.17. The summed E-state index contributed by atoms with van der Waals surface area (Å²) in [5.74, 6) is 0.286. The van der Waals surface area contributed by atoms with E-state index >= 15 is 0 Å². The summed E-state index contributed by atoms with van der Waals surface area (Å²) in [6, 6.07) is 8.99. The molecule has 1 aromatic heterocycles. The van der Waals surface area contributed by atoms with Crippen LogP contribution in [0.2, 0.25) is 0 Å². The van der Waals surface area contributed by atoms with Crippen molar-refractivity contribution >= 4 is 17.5 Å². The van der Waals surface area contributed by atoms with Crippen molar-refractivity contribution in [1.82, 2.24) is 14.8 Å². The third kappa shape index (κ3) is 9.74. The Labute approximate surface area is 263 Å². The molecule has 0 bridgehead atoms. The van der Waals surface area contributed by atoms with Crippen molar-refractivity contribution in [1.29, 1.82) is 0 Å². The van der Waals surface area contributed by atoms with Crippen LogP contribution in [0.4, 0.5) is 5.69 Å². The molecular weight excluding hydrogens is 556 g/mol. The van der Waals surface area contributed by atoms with Gasteiger partial charge in [-0.25, -0.2) is 0 Å². The number of likely N-dealkylation sites (N-methyl/N-ethyl adjacent to an activating group) is 1. The lowest BCUT2D eigenvalue weighted by Gasteiger charge is -2.36. The first-order valence-corrected chi connectivity index (χ1v) is 16.5. The first-order chi connectivity index (χ1) is 21.2. The lowest BCUT2D eigenvalue weighted by Crippen LogP contribution is -2.47. The summed E-state index contributed by atoms with van der Waals surface area (Å²) in [6.07, 6.45) is 11.2. The van der Waals surface area contributed by atoms with E-state index in [0.29, 0.717) is 36.7 Å². The number of aromatic nitrogens is 1. The van der Waals surface area contributed by atoms with Crippen LogP contribution in [-0.2, 0) is 16.1 Å². The highest BCUT2D eigenvalue weighted by Gasteiger charge is 2.31. The largest absolute Gasteiger partial charge is 0.490 e. The van der Waals surface area contributed by atoms with E-state index in [0.717, 1.165) is 51.5 Å². The minimum absolute atomic E-state index is 0.00442. The number of carbonyl (C=O) groups excluding carboxylic acids is 2. The van der Waals surface area contributed by atoms with E-state index in [1.54, 1.807) is 29.4 Å². The highest BCUT2D eigenvalue weighted by atomic mass is 16.5. The summed E-state index contributed by atoms with van der Waals surface area (Å²) in [5, 5.41) is 13.3. The van der Waals surface area contributed by atoms with Gasteiger partial charge in [-0.2, -0.15) is 0 Å². The Kier molecular flexibility index (Phi) is 13.0. The van der Waals surface area contributed by atoms with Gasteiger partial charge in [-0.1, -0.05) is 26.2 Å². The molecule has 2 N–H and O–H groups in total. The van der Waals surface area contributed by atoms with E-state index in [-0.39, 0.29) is 42.5 Å². The molecule has 2 heterocycles. The van der Waals surface area contributed by atoms with Gasteiger partial charge in [0, 0.05) is 56.2 Å². The van der Waals surface area contributed by atoms with Gasteiger partial charge in [-0.15, -0.1) is 0 Å². The zero-order chi connectivity index (χ0) is 31.5. The monoisotopic (exact) mass is 608 g/mol. The van der Waals surface area contributed by atoms with Gasteiger partial charge in [0.15, 0.2) is 0 Å². The first-order valence-electron chi connectivity index (χ1n) is 16.5. The average Bonchev–Trinajstić information content (AvgIpc) is 3.03. The van der Waals surface area contributed by atoms with E-state index in [4.69, 9.17) is 9.47 Å². The van der Waals surface area contributed by atoms with Crippen LogP contribution in [-0.4, -0.2) is 83.3 Å². The minimum atomic E-state index is -0.418. The van der Waals surface area contributed by atoms with Gasteiger partial charge < -0.3 is 24.8 Å². The Morgan fingerprint density at radius 3 is 2.55 bits per heavy atom. The van der Waals surface area contributed by atoms with Gasteiger partial charge in [-0.05, 0) is 88.9 Å². The molecular formula is C35H52N4O5. The van der Waals surface area contributed by atoms with Crippen molar-refractivity contribution in [2.75, 3.05) is 38.7 Å². The number of rotatable bonds is 8. The van der Waals surface area contributed by atoms with Crippen molar-refractivity contribution in [3.63, 3.8) is 0 Å². The number of nitrogens with one attached hydrogen (secondary N) is 1. The maximum Gasteiger partial charge on any atom is 0.258 e. The number of hydrogen-bond acceptors (Lipinski definition) is 7. The third-order valence-electron chi connectivity index (χ3n) is 8.99. The second-order valence-corrected chi connectivity index (χ2v) is 12.9. The lowest BCUT2D eigenvalue weighted by molar-refractivity contribution is -0.120. The van der Waals surface area contributed by atoms with Crippen molar-refractivity contribution in [3.8, 4) is 5.75 Å². The average molecular weight is 609 g/mol. The lowest BCUT2D eigenvalue weighted by atomic mass is 9.88. The van der Waals surface area contributed by atoms with Crippen molar-refractivity contribution < 1.29 is 24.2 Å². The summed E-state index contributed by atoms with van der Waals surface area (Å²) < 4.78 is 12.8. The van der Waals surface area contributed by atoms with Crippen LogP contribution in [0.15, 0.2) is 42.7 Å². The normalized spacial score (nSPS) is 23.4. The first kappa shape index (κ1) is 33.9. The molecule has 2 aliphatic rings. The van der Waals surface area contributed by atoms with E-state index in [9.17, 15) is 14.7 Å². The predicted octanol–water partition coefficient (Wildman–Crippen LogP) is 5.53. The zero-order valence-corrected chi connectivity index (χ0v) is 27.0. The summed E-state index contributed by atoms with van der Waals surface area (Å²) in [6.45, 7) is 8.33. The molecule has 4 atom stereocenters. The molecule has 2 aromatic rings.